The Kier molecular flexibility index (Phi) is 6.88. The molecule has 0 saturated heterocycles. The molecule has 0 bridgehead atoms. The van der Waals surface area contributed by atoms with Crippen LogP contribution in [0.5, 0.6) is 0 Å². The van der Waals surface area contributed by atoms with Gasteiger partial charge in [-0.2, -0.15) is 0 Å². The molecule has 0 aliphatic carbocycles. The van der Waals surface area contributed by atoms with Crippen LogP contribution in [-0.2, 0) is 14.4 Å². The average Bonchev–Trinajstić information content (AvgIpc) is 2.20. The first-order chi connectivity index (χ1) is 7.88. The molecule has 1 amide bonds. The predicted molar refractivity (Wildman–Crippen MR) is 59.4 cm³/mol. The normalized spacial score (nSPS) is 12.4. The van der Waals surface area contributed by atoms with E-state index >= 15 is 0 Å². The minimum atomic E-state index is -1.07. The number of primary amides is 1. The van der Waals surface area contributed by atoms with Crippen LogP contribution in [0.15, 0.2) is 0 Å². The minimum Gasteiger partial charge on any atom is -0.481 e. The van der Waals surface area contributed by atoms with Gasteiger partial charge >= 0.3 is 11.9 Å². The van der Waals surface area contributed by atoms with Crippen molar-refractivity contribution >= 4 is 17.8 Å². The highest BCUT2D eigenvalue weighted by Crippen LogP contribution is 2.08. The molecule has 0 aromatic heterocycles. The van der Waals surface area contributed by atoms with E-state index < -0.39 is 23.9 Å². The molecule has 0 aliphatic heterocycles. The van der Waals surface area contributed by atoms with Crippen molar-refractivity contribution in [2.45, 2.75) is 32.2 Å². The maximum absolute atomic E-state index is 11.0. The first-order valence-corrected chi connectivity index (χ1v) is 5.35. The van der Waals surface area contributed by atoms with Gasteiger partial charge in [0.1, 0.15) is 6.04 Å². The summed E-state index contributed by atoms with van der Waals surface area (Å²) < 4.78 is 0. The third kappa shape index (κ3) is 6.52. The summed E-state index contributed by atoms with van der Waals surface area (Å²) in [7, 11) is 0. The van der Waals surface area contributed by atoms with Crippen molar-refractivity contribution < 1.29 is 24.6 Å². The Morgan fingerprint density at radius 3 is 2.24 bits per heavy atom. The Bertz CT molecular complexity index is 292. The van der Waals surface area contributed by atoms with E-state index in [0.717, 1.165) is 0 Å². The standard InChI is InChI=1S/C10H18N2O5/c1-2-3-7(10(16)17)12(6-8(11)13)5-4-9(14)15/h7H,2-6H2,1H3,(H2,11,13)(H,14,15)(H,16,17). The van der Waals surface area contributed by atoms with E-state index in [0.29, 0.717) is 12.8 Å². The molecule has 0 radical (unpaired) electrons. The molecular formula is C10H18N2O5. The zero-order valence-corrected chi connectivity index (χ0v) is 9.76. The van der Waals surface area contributed by atoms with Gasteiger partial charge in [-0.05, 0) is 6.42 Å². The molecule has 0 aliphatic rings. The summed E-state index contributed by atoms with van der Waals surface area (Å²) in [6, 6.07) is -0.869. The van der Waals surface area contributed by atoms with Crippen LogP contribution in [0.2, 0.25) is 0 Å². The van der Waals surface area contributed by atoms with E-state index in [9.17, 15) is 14.4 Å². The van der Waals surface area contributed by atoms with Crippen LogP contribution in [0.25, 0.3) is 0 Å². The molecule has 98 valence electrons. The fraction of sp³-hybridized carbons (Fsp3) is 0.700. The fourth-order valence-electron chi connectivity index (χ4n) is 1.52. The predicted octanol–water partition coefficient (Wildman–Crippen LogP) is -0.498. The van der Waals surface area contributed by atoms with E-state index in [-0.39, 0.29) is 19.5 Å². The molecule has 7 heteroatoms. The SMILES string of the molecule is CCCC(C(=O)O)N(CCC(=O)O)CC(N)=O. The van der Waals surface area contributed by atoms with Gasteiger partial charge in [0.05, 0.1) is 13.0 Å². The zero-order chi connectivity index (χ0) is 13.4. The lowest BCUT2D eigenvalue weighted by Gasteiger charge is -2.26. The van der Waals surface area contributed by atoms with Crippen LogP contribution in [-0.4, -0.2) is 52.1 Å². The van der Waals surface area contributed by atoms with Crippen molar-refractivity contribution in [1.82, 2.24) is 4.90 Å². The van der Waals surface area contributed by atoms with Crippen molar-refractivity contribution in [1.29, 1.82) is 0 Å². The van der Waals surface area contributed by atoms with E-state index in [4.69, 9.17) is 15.9 Å². The summed E-state index contributed by atoms with van der Waals surface area (Å²) in [4.78, 5) is 33.6. The summed E-state index contributed by atoms with van der Waals surface area (Å²) in [5.74, 6) is -2.78. The highest BCUT2D eigenvalue weighted by Gasteiger charge is 2.26. The summed E-state index contributed by atoms with van der Waals surface area (Å²) in [5, 5.41) is 17.6. The minimum absolute atomic E-state index is 0.00472. The lowest BCUT2D eigenvalue weighted by molar-refractivity contribution is -0.146. The van der Waals surface area contributed by atoms with Gasteiger partial charge in [0.25, 0.3) is 0 Å². The van der Waals surface area contributed by atoms with Gasteiger partial charge in [0, 0.05) is 6.54 Å². The summed E-state index contributed by atoms with van der Waals surface area (Å²) in [5.41, 5.74) is 5.01. The van der Waals surface area contributed by atoms with Gasteiger partial charge in [0.15, 0.2) is 0 Å². The lowest BCUT2D eigenvalue weighted by Crippen LogP contribution is -2.46. The summed E-state index contributed by atoms with van der Waals surface area (Å²) in [6.07, 6.45) is 0.752. The molecule has 1 atom stereocenters. The Morgan fingerprint density at radius 1 is 1.29 bits per heavy atom. The Labute approximate surface area is 99.2 Å². The Hall–Kier alpha value is -1.63. The van der Waals surface area contributed by atoms with Crippen LogP contribution >= 0.6 is 0 Å². The van der Waals surface area contributed by atoms with Gasteiger partial charge in [0.2, 0.25) is 5.91 Å². The summed E-state index contributed by atoms with van der Waals surface area (Å²) in [6.45, 7) is 1.56. The molecule has 0 saturated carbocycles. The van der Waals surface area contributed by atoms with Gasteiger partial charge in [-0.1, -0.05) is 13.3 Å². The van der Waals surface area contributed by atoms with Crippen LogP contribution in [0.3, 0.4) is 0 Å². The molecular weight excluding hydrogens is 228 g/mol. The third-order valence-electron chi connectivity index (χ3n) is 2.26. The molecule has 0 fully saturated rings. The van der Waals surface area contributed by atoms with Gasteiger partial charge in [-0.3, -0.25) is 19.3 Å². The van der Waals surface area contributed by atoms with E-state index in [1.165, 1.54) is 4.90 Å². The molecule has 0 aromatic rings. The number of hydrogen-bond donors (Lipinski definition) is 3. The third-order valence-corrected chi connectivity index (χ3v) is 2.26. The second kappa shape index (κ2) is 7.61. The smallest absolute Gasteiger partial charge is 0.320 e. The highest BCUT2D eigenvalue weighted by atomic mass is 16.4. The quantitative estimate of drug-likeness (QED) is 0.504. The molecule has 0 spiro atoms. The van der Waals surface area contributed by atoms with Crippen molar-refractivity contribution in [3.8, 4) is 0 Å². The topological polar surface area (TPSA) is 121 Å². The average molecular weight is 246 g/mol. The maximum Gasteiger partial charge on any atom is 0.320 e. The number of hydrogen-bond acceptors (Lipinski definition) is 4. The molecule has 1 unspecified atom stereocenters. The number of carboxylic acid groups (broad SMARTS) is 2. The highest BCUT2D eigenvalue weighted by molar-refractivity contribution is 5.78. The Morgan fingerprint density at radius 2 is 1.88 bits per heavy atom. The molecule has 7 nitrogen and oxygen atoms in total. The number of amides is 1. The number of nitrogens with two attached hydrogens (primary N) is 1. The number of carboxylic acids is 2. The van der Waals surface area contributed by atoms with Crippen LogP contribution < -0.4 is 5.73 Å². The second-order valence-electron chi connectivity index (χ2n) is 3.72. The van der Waals surface area contributed by atoms with Crippen molar-refractivity contribution in [3.05, 3.63) is 0 Å². The molecule has 0 heterocycles. The Balaban J connectivity index is 4.65. The second-order valence-corrected chi connectivity index (χ2v) is 3.72. The van der Waals surface area contributed by atoms with Crippen LogP contribution in [0, 0.1) is 0 Å². The lowest BCUT2D eigenvalue weighted by atomic mass is 10.1. The number of carbonyl (C=O) groups is 3. The fourth-order valence-corrected chi connectivity index (χ4v) is 1.52. The molecule has 0 rings (SSSR count). The van der Waals surface area contributed by atoms with E-state index in [1.54, 1.807) is 0 Å². The number of nitrogens with zero attached hydrogens (tertiary/aromatic N) is 1. The van der Waals surface area contributed by atoms with Crippen molar-refractivity contribution in [2.75, 3.05) is 13.1 Å². The monoisotopic (exact) mass is 246 g/mol. The zero-order valence-electron chi connectivity index (χ0n) is 9.76. The first kappa shape index (κ1) is 15.4. The largest absolute Gasteiger partial charge is 0.481 e. The molecule has 17 heavy (non-hydrogen) atoms. The number of aliphatic carboxylic acids is 2. The van der Waals surface area contributed by atoms with Gasteiger partial charge < -0.3 is 15.9 Å². The van der Waals surface area contributed by atoms with Gasteiger partial charge in [-0.25, -0.2) is 0 Å². The number of rotatable bonds is 9. The van der Waals surface area contributed by atoms with Crippen LogP contribution in [0.1, 0.15) is 26.2 Å². The molecule has 0 aromatic carbocycles. The van der Waals surface area contributed by atoms with Crippen molar-refractivity contribution in [2.24, 2.45) is 5.73 Å². The van der Waals surface area contributed by atoms with Crippen LogP contribution in [0.4, 0.5) is 0 Å². The van der Waals surface area contributed by atoms with E-state index in [2.05, 4.69) is 0 Å². The number of carbonyl (C=O) groups excluding carboxylic acids is 1. The maximum atomic E-state index is 11.0. The van der Waals surface area contributed by atoms with E-state index in [1.807, 2.05) is 6.92 Å². The van der Waals surface area contributed by atoms with Gasteiger partial charge in [-0.15, -0.1) is 0 Å². The van der Waals surface area contributed by atoms with Crippen molar-refractivity contribution in [3.63, 3.8) is 0 Å². The summed E-state index contributed by atoms with van der Waals surface area (Å²) >= 11 is 0. The molecule has 4 N–H and O–H groups in total. The first-order valence-electron chi connectivity index (χ1n) is 5.35.